The average molecular weight is 233 g/mol. The van der Waals surface area contributed by atoms with Gasteiger partial charge in [-0.2, -0.15) is 13.2 Å². The third kappa shape index (κ3) is 3.41. The first-order chi connectivity index (χ1) is 7.45. The monoisotopic (exact) mass is 233 g/mol. The van der Waals surface area contributed by atoms with Gasteiger partial charge in [-0.15, -0.1) is 0 Å². The minimum atomic E-state index is -4.31. The molecular weight excluding hydrogens is 219 g/mol. The number of hydrogen-bond acceptors (Lipinski definition) is 2. The van der Waals surface area contributed by atoms with Crippen molar-refractivity contribution in [1.82, 2.24) is 0 Å². The van der Waals surface area contributed by atoms with E-state index in [1.54, 1.807) is 6.92 Å². The molecule has 16 heavy (non-hydrogen) atoms. The molecular formula is C11H14F3NO. The summed E-state index contributed by atoms with van der Waals surface area (Å²) in [5, 5.41) is 0. The second-order valence-electron chi connectivity index (χ2n) is 3.47. The van der Waals surface area contributed by atoms with Crippen LogP contribution in [0.15, 0.2) is 18.2 Å². The van der Waals surface area contributed by atoms with Gasteiger partial charge in [-0.3, -0.25) is 0 Å². The van der Waals surface area contributed by atoms with Crippen molar-refractivity contribution in [2.45, 2.75) is 19.5 Å². The largest absolute Gasteiger partial charge is 0.493 e. The molecule has 0 aliphatic heterocycles. The van der Waals surface area contributed by atoms with Crippen molar-refractivity contribution in [1.29, 1.82) is 0 Å². The van der Waals surface area contributed by atoms with Gasteiger partial charge in [-0.05, 0) is 43.7 Å². The fourth-order valence-electron chi connectivity index (χ4n) is 1.25. The smallest absolute Gasteiger partial charge is 0.416 e. The van der Waals surface area contributed by atoms with Gasteiger partial charge >= 0.3 is 6.18 Å². The van der Waals surface area contributed by atoms with Gasteiger partial charge in [0, 0.05) is 0 Å². The standard InChI is InChI=1S/C11H14F3NO/c1-8-7-9(11(12,13)14)3-4-10(8)16-6-2-5-15/h3-4,7H,2,5-6,15H2,1H3. The van der Waals surface area contributed by atoms with Crippen molar-refractivity contribution in [2.75, 3.05) is 13.2 Å². The molecule has 2 nitrogen and oxygen atoms in total. The van der Waals surface area contributed by atoms with Gasteiger partial charge in [0.05, 0.1) is 12.2 Å². The maximum Gasteiger partial charge on any atom is 0.416 e. The number of ether oxygens (including phenoxy) is 1. The van der Waals surface area contributed by atoms with Crippen molar-refractivity contribution >= 4 is 0 Å². The van der Waals surface area contributed by atoms with Crippen molar-refractivity contribution in [3.8, 4) is 5.75 Å². The van der Waals surface area contributed by atoms with E-state index < -0.39 is 11.7 Å². The fourth-order valence-corrected chi connectivity index (χ4v) is 1.25. The fraction of sp³-hybridized carbons (Fsp3) is 0.455. The predicted molar refractivity (Wildman–Crippen MR) is 55.3 cm³/mol. The SMILES string of the molecule is Cc1cc(C(F)(F)F)ccc1OCCCN. The molecule has 0 saturated heterocycles. The van der Waals surface area contributed by atoms with Gasteiger partial charge in [0.15, 0.2) is 0 Å². The van der Waals surface area contributed by atoms with E-state index in [9.17, 15) is 13.2 Å². The molecule has 0 aliphatic carbocycles. The Morgan fingerprint density at radius 3 is 2.50 bits per heavy atom. The molecule has 0 heterocycles. The molecule has 0 unspecified atom stereocenters. The molecule has 0 saturated carbocycles. The van der Waals surface area contributed by atoms with Crippen LogP contribution < -0.4 is 10.5 Å². The number of alkyl halides is 3. The zero-order valence-electron chi connectivity index (χ0n) is 8.97. The van der Waals surface area contributed by atoms with Crippen molar-refractivity contribution < 1.29 is 17.9 Å². The Bertz CT molecular complexity index is 350. The molecule has 1 rings (SSSR count). The van der Waals surface area contributed by atoms with Crippen LogP contribution in [0.3, 0.4) is 0 Å². The highest BCUT2D eigenvalue weighted by Crippen LogP contribution is 2.32. The van der Waals surface area contributed by atoms with Gasteiger partial charge in [0.1, 0.15) is 5.75 Å². The Hall–Kier alpha value is -1.23. The summed E-state index contributed by atoms with van der Waals surface area (Å²) in [6.45, 7) is 2.51. The highest BCUT2D eigenvalue weighted by molar-refractivity contribution is 5.37. The molecule has 90 valence electrons. The van der Waals surface area contributed by atoms with E-state index in [4.69, 9.17) is 10.5 Å². The molecule has 0 amide bonds. The van der Waals surface area contributed by atoms with Crippen LogP contribution in [-0.4, -0.2) is 13.2 Å². The Morgan fingerprint density at radius 1 is 1.31 bits per heavy atom. The molecule has 0 radical (unpaired) electrons. The van der Waals surface area contributed by atoms with Gasteiger partial charge in [-0.1, -0.05) is 0 Å². The van der Waals surface area contributed by atoms with E-state index in [-0.39, 0.29) is 0 Å². The molecule has 0 spiro atoms. The van der Waals surface area contributed by atoms with Crippen LogP contribution in [0.2, 0.25) is 0 Å². The zero-order chi connectivity index (χ0) is 12.2. The third-order valence-corrected chi connectivity index (χ3v) is 2.11. The molecule has 1 aromatic carbocycles. The van der Waals surface area contributed by atoms with Crippen LogP contribution in [-0.2, 0) is 6.18 Å². The maximum absolute atomic E-state index is 12.3. The van der Waals surface area contributed by atoms with E-state index in [0.29, 0.717) is 30.9 Å². The topological polar surface area (TPSA) is 35.2 Å². The first-order valence-electron chi connectivity index (χ1n) is 4.96. The second-order valence-corrected chi connectivity index (χ2v) is 3.47. The molecule has 0 atom stereocenters. The number of hydrogen-bond donors (Lipinski definition) is 1. The molecule has 0 bridgehead atoms. The number of rotatable bonds is 4. The van der Waals surface area contributed by atoms with Crippen molar-refractivity contribution in [3.05, 3.63) is 29.3 Å². The highest BCUT2D eigenvalue weighted by atomic mass is 19.4. The van der Waals surface area contributed by atoms with Gasteiger partial charge in [0.25, 0.3) is 0 Å². The van der Waals surface area contributed by atoms with Crippen LogP contribution in [0.4, 0.5) is 13.2 Å². The molecule has 1 aromatic rings. The number of benzene rings is 1. The number of halogens is 3. The van der Waals surface area contributed by atoms with Crippen molar-refractivity contribution in [2.24, 2.45) is 5.73 Å². The molecule has 5 heteroatoms. The third-order valence-electron chi connectivity index (χ3n) is 2.11. The lowest BCUT2D eigenvalue weighted by atomic mass is 10.1. The lowest BCUT2D eigenvalue weighted by Gasteiger charge is -2.11. The van der Waals surface area contributed by atoms with Gasteiger partial charge < -0.3 is 10.5 Å². The summed E-state index contributed by atoms with van der Waals surface area (Å²) >= 11 is 0. The molecule has 2 N–H and O–H groups in total. The lowest BCUT2D eigenvalue weighted by molar-refractivity contribution is -0.137. The first kappa shape index (κ1) is 12.8. The quantitative estimate of drug-likeness (QED) is 0.811. The van der Waals surface area contributed by atoms with Gasteiger partial charge in [-0.25, -0.2) is 0 Å². The van der Waals surface area contributed by atoms with E-state index in [1.165, 1.54) is 6.07 Å². The summed E-state index contributed by atoms with van der Waals surface area (Å²) in [4.78, 5) is 0. The summed E-state index contributed by atoms with van der Waals surface area (Å²) in [7, 11) is 0. The molecule has 0 fully saturated rings. The number of nitrogens with two attached hydrogens (primary N) is 1. The van der Waals surface area contributed by atoms with Crippen LogP contribution >= 0.6 is 0 Å². The minimum Gasteiger partial charge on any atom is -0.493 e. The van der Waals surface area contributed by atoms with E-state index >= 15 is 0 Å². The summed E-state index contributed by atoms with van der Waals surface area (Å²) in [6, 6.07) is 3.44. The van der Waals surface area contributed by atoms with Gasteiger partial charge in [0.2, 0.25) is 0 Å². The summed E-state index contributed by atoms with van der Waals surface area (Å²) in [6.07, 6.45) is -3.62. The highest BCUT2D eigenvalue weighted by Gasteiger charge is 2.30. The average Bonchev–Trinajstić information content (AvgIpc) is 2.19. The Balaban J connectivity index is 2.76. The minimum absolute atomic E-state index is 0.419. The lowest BCUT2D eigenvalue weighted by Crippen LogP contribution is -2.08. The summed E-state index contributed by atoms with van der Waals surface area (Å²) in [5.74, 6) is 0.474. The van der Waals surface area contributed by atoms with Crippen LogP contribution in [0, 0.1) is 6.92 Å². The first-order valence-corrected chi connectivity index (χ1v) is 4.96. The van der Waals surface area contributed by atoms with E-state index in [1.807, 2.05) is 0 Å². The Kier molecular flexibility index (Phi) is 4.18. The van der Waals surface area contributed by atoms with E-state index in [0.717, 1.165) is 12.1 Å². The second kappa shape index (κ2) is 5.21. The predicted octanol–water partition coefficient (Wildman–Crippen LogP) is 2.74. The molecule has 0 aromatic heterocycles. The van der Waals surface area contributed by atoms with Crippen LogP contribution in [0.1, 0.15) is 17.5 Å². The summed E-state index contributed by atoms with van der Waals surface area (Å²) < 4.78 is 42.3. The van der Waals surface area contributed by atoms with Crippen LogP contribution in [0.25, 0.3) is 0 Å². The van der Waals surface area contributed by atoms with E-state index in [2.05, 4.69) is 0 Å². The summed E-state index contributed by atoms with van der Waals surface area (Å²) in [5.41, 5.74) is 5.11. The Morgan fingerprint density at radius 2 is 2.00 bits per heavy atom. The number of aryl methyl sites for hydroxylation is 1. The Labute approximate surface area is 92.2 Å². The maximum atomic E-state index is 12.3. The normalized spacial score (nSPS) is 11.6. The zero-order valence-corrected chi connectivity index (χ0v) is 8.97. The van der Waals surface area contributed by atoms with Crippen LogP contribution in [0.5, 0.6) is 5.75 Å². The molecule has 0 aliphatic rings. The van der Waals surface area contributed by atoms with Crippen molar-refractivity contribution in [3.63, 3.8) is 0 Å².